The summed E-state index contributed by atoms with van der Waals surface area (Å²) in [6, 6.07) is 11.6. The second kappa shape index (κ2) is 13.3. The Hall–Kier alpha value is -3.29. The highest BCUT2D eigenvalue weighted by Gasteiger charge is 2.30. The molecule has 8 heteroatoms. The van der Waals surface area contributed by atoms with Gasteiger partial charge in [0.2, 0.25) is 5.82 Å². The van der Waals surface area contributed by atoms with E-state index in [1.807, 2.05) is 0 Å². The Morgan fingerprint density at radius 3 is 2.29 bits per heavy atom. The second-order valence-electron chi connectivity index (χ2n) is 12.7. The van der Waals surface area contributed by atoms with Gasteiger partial charge in [-0.1, -0.05) is 77.8 Å². The molecule has 2 saturated carbocycles. The molecule has 1 N–H and O–H groups in total. The van der Waals surface area contributed by atoms with Gasteiger partial charge in [0.05, 0.1) is 12.2 Å². The van der Waals surface area contributed by atoms with Gasteiger partial charge in [-0.15, -0.1) is 10.2 Å². The molecule has 0 saturated heterocycles. The van der Waals surface area contributed by atoms with E-state index in [2.05, 4.69) is 81.0 Å². The first-order chi connectivity index (χ1) is 20.7. The summed E-state index contributed by atoms with van der Waals surface area (Å²) in [5, 5.41) is 20.7. The van der Waals surface area contributed by atoms with Gasteiger partial charge in [-0.2, -0.15) is 10.3 Å². The van der Waals surface area contributed by atoms with Crippen LogP contribution in [-0.4, -0.2) is 40.0 Å². The van der Waals surface area contributed by atoms with Crippen molar-refractivity contribution >= 4 is 0 Å². The molecular weight excluding hydrogens is 520 g/mol. The fourth-order valence-corrected chi connectivity index (χ4v) is 7.17. The summed E-state index contributed by atoms with van der Waals surface area (Å²) in [4.78, 5) is 4.96. The predicted octanol–water partition coefficient (Wildman–Crippen LogP) is 8.25. The average Bonchev–Trinajstić information content (AvgIpc) is 3.80. The molecule has 0 aliphatic heterocycles. The number of tetrazole rings is 1. The third-order valence-corrected chi connectivity index (χ3v) is 9.76. The summed E-state index contributed by atoms with van der Waals surface area (Å²) in [6.07, 6.45) is 17.2. The Bertz CT molecular complexity index is 1400. The molecule has 6 rings (SSSR count). The smallest absolute Gasteiger partial charge is 0.221 e. The van der Waals surface area contributed by atoms with Crippen molar-refractivity contribution in [3.05, 3.63) is 58.8 Å². The zero-order valence-electron chi connectivity index (χ0n) is 25.9. The number of unbranched alkanes of at least 4 members (excludes halogenated alkanes) is 1. The fourth-order valence-electron chi connectivity index (χ4n) is 7.17. The van der Waals surface area contributed by atoms with Gasteiger partial charge in [0.1, 0.15) is 5.82 Å². The van der Waals surface area contributed by atoms with Gasteiger partial charge in [0, 0.05) is 23.7 Å². The van der Waals surface area contributed by atoms with E-state index in [1.165, 1.54) is 86.7 Å². The molecule has 0 radical (unpaired) electrons. The van der Waals surface area contributed by atoms with Crippen molar-refractivity contribution in [1.82, 2.24) is 40.0 Å². The van der Waals surface area contributed by atoms with Crippen LogP contribution in [0.4, 0.5) is 0 Å². The molecule has 42 heavy (non-hydrogen) atoms. The Morgan fingerprint density at radius 1 is 0.929 bits per heavy atom. The first-order valence-electron chi connectivity index (χ1n) is 16.7. The number of nitrogens with zero attached hydrogens (tertiary/aromatic N) is 7. The molecule has 0 amide bonds. The van der Waals surface area contributed by atoms with E-state index < -0.39 is 0 Å². The van der Waals surface area contributed by atoms with Gasteiger partial charge in [-0.05, 0) is 84.9 Å². The summed E-state index contributed by atoms with van der Waals surface area (Å²) >= 11 is 0. The lowest BCUT2D eigenvalue weighted by atomic mass is 9.82. The first-order valence-corrected chi connectivity index (χ1v) is 16.7. The lowest BCUT2D eigenvalue weighted by molar-refractivity contribution is 0.432. The highest BCUT2D eigenvalue weighted by atomic mass is 15.5. The van der Waals surface area contributed by atoms with Gasteiger partial charge in [0.15, 0.2) is 5.82 Å². The number of hydrogen-bond donors (Lipinski definition) is 1. The summed E-state index contributed by atoms with van der Waals surface area (Å²) in [5.74, 6) is 4.31. The maximum atomic E-state index is 4.96. The molecule has 224 valence electrons. The first kappa shape index (κ1) is 28.8. The van der Waals surface area contributed by atoms with E-state index in [0.29, 0.717) is 23.6 Å². The number of nitrogens with one attached hydrogen (secondary N) is 1. The van der Waals surface area contributed by atoms with E-state index in [0.717, 1.165) is 49.6 Å². The third-order valence-electron chi connectivity index (χ3n) is 9.76. The highest BCUT2D eigenvalue weighted by molar-refractivity contribution is 5.63. The predicted molar refractivity (Wildman–Crippen MR) is 167 cm³/mol. The van der Waals surface area contributed by atoms with Crippen LogP contribution in [-0.2, 0) is 13.0 Å². The molecule has 3 heterocycles. The standard InChI is InChI=1S/C34H48N8/c1-4-6-17-31-35-34(24(3)5-2)41(38-31)23-25-18-20-28(21-19-25)42-30(27-15-11-8-12-16-27)22-29(26-13-9-7-10-14-26)32(42)33-36-39-40-37-33/h18-22,24,26-27H,4-17,23H2,1-3H3,(H,36,37,39,40). The minimum absolute atomic E-state index is 0.390. The van der Waals surface area contributed by atoms with Crippen molar-refractivity contribution in [3.63, 3.8) is 0 Å². The van der Waals surface area contributed by atoms with E-state index in [-0.39, 0.29) is 0 Å². The van der Waals surface area contributed by atoms with Gasteiger partial charge in [0.25, 0.3) is 0 Å². The summed E-state index contributed by atoms with van der Waals surface area (Å²) < 4.78 is 4.63. The van der Waals surface area contributed by atoms with E-state index in [1.54, 1.807) is 0 Å². The van der Waals surface area contributed by atoms with Crippen molar-refractivity contribution < 1.29 is 0 Å². The maximum Gasteiger partial charge on any atom is 0.221 e. The van der Waals surface area contributed by atoms with Gasteiger partial charge in [-0.3, -0.25) is 0 Å². The second-order valence-corrected chi connectivity index (χ2v) is 12.7. The van der Waals surface area contributed by atoms with Crippen LogP contribution in [0.2, 0.25) is 0 Å². The SMILES string of the molecule is CCCCc1nc(C(C)CC)n(Cc2ccc(-n3c(C4CCCCC4)cc(C4CCCCC4)c3-c3nn[nH]n3)cc2)n1. The average molecular weight is 569 g/mol. The molecule has 8 nitrogen and oxygen atoms in total. The van der Waals surface area contributed by atoms with Gasteiger partial charge < -0.3 is 4.57 Å². The van der Waals surface area contributed by atoms with Crippen LogP contribution in [0.25, 0.3) is 17.2 Å². The monoisotopic (exact) mass is 568 g/mol. The highest BCUT2D eigenvalue weighted by Crippen LogP contribution is 2.44. The van der Waals surface area contributed by atoms with E-state index in [4.69, 9.17) is 10.1 Å². The molecule has 1 aromatic carbocycles. The minimum atomic E-state index is 0.390. The Morgan fingerprint density at radius 2 is 1.64 bits per heavy atom. The maximum absolute atomic E-state index is 4.96. The van der Waals surface area contributed by atoms with Gasteiger partial charge in [-0.25, -0.2) is 9.67 Å². The van der Waals surface area contributed by atoms with Crippen molar-refractivity contribution in [3.8, 4) is 17.2 Å². The molecule has 1 atom stereocenters. The quantitative estimate of drug-likeness (QED) is 0.197. The number of aromatic amines is 1. The molecule has 3 aromatic heterocycles. The summed E-state index contributed by atoms with van der Waals surface area (Å²) in [6.45, 7) is 7.45. The van der Waals surface area contributed by atoms with Crippen molar-refractivity contribution in [1.29, 1.82) is 0 Å². The van der Waals surface area contributed by atoms with Crippen LogP contribution in [0.1, 0.15) is 150 Å². The summed E-state index contributed by atoms with van der Waals surface area (Å²) in [7, 11) is 0. The van der Waals surface area contributed by atoms with Crippen molar-refractivity contribution in [2.45, 2.75) is 135 Å². The lowest BCUT2D eigenvalue weighted by Gasteiger charge is -2.24. The van der Waals surface area contributed by atoms with E-state index >= 15 is 0 Å². The van der Waals surface area contributed by atoms with Crippen LogP contribution in [0.5, 0.6) is 0 Å². The zero-order chi connectivity index (χ0) is 28.9. The topological polar surface area (TPSA) is 90.1 Å². The normalized spacial score (nSPS) is 17.6. The molecule has 2 aliphatic rings. The number of H-pyrrole nitrogens is 1. The minimum Gasteiger partial charge on any atom is -0.310 e. The molecule has 0 spiro atoms. The fraction of sp³-hybridized carbons (Fsp3) is 0.618. The largest absolute Gasteiger partial charge is 0.310 e. The van der Waals surface area contributed by atoms with Crippen LogP contribution in [0.3, 0.4) is 0 Å². The van der Waals surface area contributed by atoms with Crippen molar-refractivity contribution in [2.75, 3.05) is 0 Å². The molecule has 2 fully saturated rings. The molecular formula is C34H48N8. The zero-order valence-corrected chi connectivity index (χ0v) is 25.9. The van der Waals surface area contributed by atoms with Crippen LogP contribution >= 0.6 is 0 Å². The van der Waals surface area contributed by atoms with Crippen LogP contribution in [0, 0.1) is 0 Å². The molecule has 1 unspecified atom stereocenters. The van der Waals surface area contributed by atoms with E-state index in [9.17, 15) is 0 Å². The molecule has 2 aliphatic carbocycles. The number of rotatable bonds is 11. The third kappa shape index (κ3) is 6.09. The molecule has 4 aromatic rings. The molecule has 0 bridgehead atoms. The summed E-state index contributed by atoms with van der Waals surface area (Å²) in [5.41, 5.74) is 6.42. The van der Waals surface area contributed by atoms with Crippen LogP contribution in [0.15, 0.2) is 30.3 Å². The lowest BCUT2D eigenvalue weighted by Crippen LogP contribution is -2.12. The number of aromatic nitrogens is 8. The Kier molecular flexibility index (Phi) is 9.15. The Balaban J connectivity index is 1.38. The van der Waals surface area contributed by atoms with Crippen molar-refractivity contribution in [2.24, 2.45) is 0 Å². The van der Waals surface area contributed by atoms with Gasteiger partial charge >= 0.3 is 0 Å². The van der Waals surface area contributed by atoms with Crippen LogP contribution < -0.4 is 0 Å². The Labute approximate surface area is 250 Å². The number of hydrogen-bond acceptors (Lipinski definition) is 5. The number of aryl methyl sites for hydroxylation is 1. The number of benzene rings is 1.